The molecule has 2 aromatic rings. The zero-order valence-electron chi connectivity index (χ0n) is 15.3. The fraction of sp³-hybridized carbons (Fsp3) is 0.368. The first-order valence-corrected chi connectivity index (χ1v) is 10.9. The first kappa shape index (κ1) is 20.9. The molecule has 1 aliphatic rings. The summed E-state index contributed by atoms with van der Waals surface area (Å²) in [6.45, 7) is 1.08. The molecule has 3 nitrogen and oxygen atoms in total. The predicted molar refractivity (Wildman–Crippen MR) is 101 cm³/mol. The number of methoxy groups -OCH3 is 1. The van der Waals surface area contributed by atoms with E-state index in [0.717, 1.165) is 31.0 Å². The molecule has 0 spiro atoms. The first-order valence-electron chi connectivity index (χ1n) is 8.90. The second kappa shape index (κ2) is 6.89. The number of hydrogen-bond acceptors (Lipinski definition) is 3. The van der Waals surface area contributed by atoms with Gasteiger partial charge < -0.3 is 15.4 Å². The van der Waals surface area contributed by atoms with E-state index < -0.39 is 15.1 Å². The number of benzene rings is 2. The zero-order chi connectivity index (χ0) is 20.5. The normalized spacial score (nSPS) is 22.9. The number of hydrogen-bond donors (Lipinski definition) is 2. The summed E-state index contributed by atoms with van der Waals surface area (Å²) < 4.78 is 70.1. The van der Waals surface area contributed by atoms with Crippen molar-refractivity contribution in [3.05, 3.63) is 59.7 Å². The molecule has 2 N–H and O–H groups in total. The summed E-state index contributed by atoms with van der Waals surface area (Å²) >= 11 is 0. The molecule has 0 amide bonds. The van der Waals surface area contributed by atoms with E-state index in [1.165, 1.54) is 7.11 Å². The predicted octanol–water partition coefficient (Wildman–Crippen LogP) is 5.94. The molecule has 2 unspecified atom stereocenters. The Labute approximate surface area is 161 Å². The number of halogens is 5. The average Bonchev–Trinajstić information content (AvgIpc) is 2.65. The molecule has 1 heterocycles. The smallest absolute Gasteiger partial charge is 0.310 e. The van der Waals surface area contributed by atoms with Crippen molar-refractivity contribution in [3.8, 4) is 5.75 Å². The largest absolute Gasteiger partial charge is 0.496 e. The third-order valence-electron chi connectivity index (χ3n) is 4.88. The Morgan fingerprint density at radius 3 is 2.43 bits per heavy atom. The van der Waals surface area contributed by atoms with Gasteiger partial charge in [0.15, 0.2) is 0 Å². The SMILES string of the molecule is COc1cc(S(F)(F)(F)(F)F)ccc1CNC1CCCNC1c1ccccc1. The summed E-state index contributed by atoms with van der Waals surface area (Å²) in [4.78, 5) is -1.94. The quantitative estimate of drug-likeness (QED) is 0.566. The van der Waals surface area contributed by atoms with Crippen molar-refractivity contribution in [2.24, 2.45) is 0 Å². The van der Waals surface area contributed by atoms with Gasteiger partial charge in [-0.05, 0) is 31.0 Å². The van der Waals surface area contributed by atoms with E-state index in [2.05, 4.69) is 10.6 Å². The van der Waals surface area contributed by atoms with Gasteiger partial charge in [0.05, 0.1) is 7.11 Å². The Morgan fingerprint density at radius 1 is 1.07 bits per heavy atom. The Kier molecular flexibility index (Phi) is 5.14. The second-order valence-electron chi connectivity index (χ2n) is 6.91. The van der Waals surface area contributed by atoms with E-state index in [1.54, 1.807) is 0 Å². The lowest BCUT2D eigenvalue weighted by Gasteiger charge is -2.40. The van der Waals surface area contributed by atoms with Gasteiger partial charge in [-0.25, -0.2) is 0 Å². The maximum absolute atomic E-state index is 13.0. The summed E-state index contributed by atoms with van der Waals surface area (Å²) in [6, 6.07) is 11.8. The van der Waals surface area contributed by atoms with Crippen LogP contribution in [0.2, 0.25) is 0 Å². The fourth-order valence-corrected chi connectivity index (χ4v) is 4.13. The van der Waals surface area contributed by atoms with Crippen LogP contribution in [0.25, 0.3) is 0 Å². The van der Waals surface area contributed by atoms with Gasteiger partial charge in [-0.3, -0.25) is 0 Å². The lowest BCUT2D eigenvalue weighted by molar-refractivity contribution is 0.302. The molecule has 156 valence electrons. The van der Waals surface area contributed by atoms with Gasteiger partial charge in [-0.15, -0.1) is 0 Å². The van der Waals surface area contributed by atoms with Crippen LogP contribution < -0.4 is 15.4 Å². The summed E-state index contributed by atoms with van der Waals surface area (Å²) in [6.07, 6.45) is 1.85. The highest BCUT2D eigenvalue weighted by molar-refractivity contribution is 8.45. The molecular weight excluding hydrogens is 399 g/mol. The molecule has 1 saturated heterocycles. The highest BCUT2D eigenvalue weighted by Gasteiger charge is 2.65. The minimum absolute atomic E-state index is 0.0520. The summed E-state index contributed by atoms with van der Waals surface area (Å²) in [5.41, 5.74) is 1.51. The van der Waals surface area contributed by atoms with Crippen LogP contribution >= 0.6 is 10.2 Å². The molecule has 0 saturated carbocycles. The summed E-state index contributed by atoms with van der Waals surface area (Å²) in [7, 11) is -8.57. The van der Waals surface area contributed by atoms with Crippen molar-refractivity contribution in [1.29, 1.82) is 0 Å². The van der Waals surface area contributed by atoms with Crippen LogP contribution in [0.4, 0.5) is 19.4 Å². The molecule has 9 heteroatoms. The van der Waals surface area contributed by atoms with Gasteiger partial charge in [0.1, 0.15) is 10.6 Å². The van der Waals surface area contributed by atoms with E-state index in [-0.39, 0.29) is 24.4 Å². The fourth-order valence-electron chi connectivity index (χ4n) is 3.47. The van der Waals surface area contributed by atoms with Crippen LogP contribution in [0.1, 0.15) is 30.0 Å². The van der Waals surface area contributed by atoms with Gasteiger partial charge in [-0.1, -0.05) is 55.8 Å². The summed E-state index contributed by atoms with van der Waals surface area (Å²) in [5, 5.41) is 6.79. The van der Waals surface area contributed by atoms with Crippen molar-refractivity contribution in [2.45, 2.75) is 36.4 Å². The van der Waals surface area contributed by atoms with Crippen molar-refractivity contribution < 1.29 is 24.2 Å². The second-order valence-corrected chi connectivity index (χ2v) is 9.32. The van der Waals surface area contributed by atoms with Crippen molar-refractivity contribution >= 4 is 10.2 Å². The van der Waals surface area contributed by atoms with Gasteiger partial charge in [0.2, 0.25) is 0 Å². The first-order chi connectivity index (χ1) is 13.0. The third kappa shape index (κ3) is 4.95. The molecule has 3 rings (SSSR count). The van der Waals surface area contributed by atoms with Crippen LogP contribution in [0.3, 0.4) is 0 Å². The third-order valence-corrected chi connectivity index (χ3v) is 6.02. The monoisotopic (exact) mass is 422 g/mol. The lowest BCUT2D eigenvalue weighted by atomic mass is 9.92. The molecule has 1 aliphatic heterocycles. The molecule has 0 radical (unpaired) electrons. The standard InChI is InChI=1S/C19H23F5N2OS/c1-27-18-12-16(28(20,21,22,23)24)10-9-15(18)13-26-17-8-5-11-25-19(17)14-6-3-2-4-7-14/h2-4,6-7,9-10,12,17,19,25-26H,5,8,11,13H2,1H3. The number of ether oxygens (including phenoxy) is 1. The minimum atomic E-state index is -9.74. The molecule has 0 bridgehead atoms. The maximum atomic E-state index is 13.0. The van der Waals surface area contributed by atoms with Crippen LogP contribution in [0.5, 0.6) is 5.75 Å². The van der Waals surface area contributed by atoms with E-state index in [1.807, 2.05) is 30.3 Å². The van der Waals surface area contributed by atoms with Gasteiger partial charge in [-0.2, -0.15) is 0 Å². The molecule has 2 atom stereocenters. The highest BCUT2D eigenvalue weighted by Crippen LogP contribution is 3.02. The number of piperidine rings is 1. The molecule has 2 aromatic carbocycles. The van der Waals surface area contributed by atoms with E-state index >= 15 is 0 Å². The van der Waals surface area contributed by atoms with Crippen LogP contribution in [-0.2, 0) is 6.54 Å². The lowest BCUT2D eigenvalue weighted by Crippen LogP contribution is -2.45. The topological polar surface area (TPSA) is 33.3 Å². The highest BCUT2D eigenvalue weighted by atomic mass is 32.5. The van der Waals surface area contributed by atoms with E-state index in [4.69, 9.17) is 4.74 Å². The van der Waals surface area contributed by atoms with Gasteiger partial charge in [0, 0.05) is 30.3 Å². The van der Waals surface area contributed by atoms with E-state index in [9.17, 15) is 19.4 Å². The van der Waals surface area contributed by atoms with Crippen molar-refractivity contribution in [2.75, 3.05) is 13.7 Å². The average molecular weight is 422 g/mol. The minimum Gasteiger partial charge on any atom is -0.496 e. The van der Waals surface area contributed by atoms with Crippen LogP contribution in [-0.4, -0.2) is 19.7 Å². The van der Waals surface area contributed by atoms with Crippen molar-refractivity contribution in [1.82, 2.24) is 10.6 Å². The Morgan fingerprint density at radius 2 is 1.79 bits per heavy atom. The molecule has 0 aromatic heterocycles. The van der Waals surface area contributed by atoms with Crippen molar-refractivity contribution in [3.63, 3.8) is 0 Å². The maximum Gasteiger partial charge on any atom is 0.310 e. The zero-order valence-corrected chi connectivity index (χ0v) is 16.1. The number of nitrogens with one attached hydrogen (secondary N) is 2. The Hall–Kier alpha value is -1.84. The van der Waals surface area contributed by atoms with Gasteiger partial charge in [0.25, 0.3) is 0 Å². The van der Waals surface area contributed by atoms with Crippen LogP contribution in [0.15, 0.2) is 53.4 Å². The molecule has 1 fully saturated rings. The molecule has 28 heavy (non-hydrogen) atoms. The molecular formula is C19H23F5N2OS. The Balaban J connectivity index is 1.78. The Bertz CT molecular complexity index is 830. The van der Waals surface area contributed by atoms with E-state index in [0.29, 0.717) is 17.7 Å². The molecule has 0 aliphatic carbocycles. The number of rotatable bonds is 6. The summed E-state index contributed by atoms with van der Waals surface area (Å²) in [5.74, 6) is -0.210. The van der Waals surface area contributed by atoms with Gasteiger partial charge >= 0.3 is 10.2 Å². The van der Waals surface area contributed by atoms with Crippen LogP contribution in [0, 0.1) is 0 Å².